The lowest BCUT2D eigenvalue weighted by atomic mass is 10.2. The summed E-state index contributed by atoms with van der Waals surface area (Å²) in [5, 5.41) is 17.6. The summed E-state index contributed by atoms with van der Waals surface area (Å²) in [7, 11) is 0. The molecule has 0 aliphatic rings. The molecule has 3 aromatic rings. The highest BCUT2D eigenvalue weighted by atomic mass is 17.1. The number of benzene rings is 3. The molecule has 3 rings (SSSR count). The summed E-state index contributed by atoms with van der Waals surface area (Å²) in [6.07, 6.45) is 0. The van der Waals surface area contributed by atoms with Gasteiger partial charge in [-0.3, -0.25) is 0 Å². The third-order valence-electron chi connectivity index (χ3n) is 3.44. The van der Waals surface area contributed by atoms with Crippen LogP contribution in [0.1, 0.15) is 0 Å². The van der Waals surface area contributed by atoms with Crippen molar-refractivity contribution in [3.05, 3.63) is 60.7 Å². The van der Waals surface area contributed by atoms with E-state index in [0.29, 0.717) is 23.0 Å². The summed E-state index contributed by atoms with van der Waals surface area (Å²) >= 11 is 0. The summed E-state index contributed by atoms with van der Waals surface area (Å²) in [4.78, 5) is 8.37. The Morgan fingerprint density at radius 2 is 1.00 bits per heavy atom. The van der Waals surface area contributed by atoms with Crippen LogP contribution in [-0.4, -0.2) is 10.5 Å². The van der Waals surface area contributed by atoms with Crippen LogP contribution in [0.5, 0.6) is 34.5 Å². The zero-order chi connectivity index (χ0) is 18.5. The predicted molar refractivity (Wildman–Crippen MR) is 94.8 cm³/mol. The molecule has 26 heavy (non-hydrogen) atoms. The van der Waals surface area contributed by atoms with Crippen LogP contribution in [-0.2, 0) is 0 Å². The van der Waals surface area contributed by atoms with Crippen molar-refractivity contribution in [3.8, 4) is 34.5 Å². The fraction of sp³-hybridized carbons (Fsp3) is 0. The smallest absolute Gasteiger partial charge is 0.191 e. The maximum atomic E-state index is 8.79. The average Bonchev–Trinajstić information content (AvgIpc) is 2.65. The molecule has 0 bridgehead atoms. The van der Waals surface area contributed by atoms with E-state index in [2.05, 4.69) is 9.78 Å². The molecule has 0 saturated carbocycles. The Hall–Kier alpha value is -3.62. The van der Waals surface area contributed by atoms with E-state index in [9.17, 15) is 0 Å². The average molecular weight is 356 g/mol. The largest absolute Gasteiger partial charge is 0.457 e. The topological polar surface area (TPSA) is 129 Å². The first kappa shape index (κ1) is 17.2. The first-order valence-corrected chi connectivity index (χ1v) is 7.46. The van der Waals surface area contributed by atoms with Crippen LogP contribution in [0, 0.1) is 0 Å². The molecule has 8 heteroatoms. The van der Waals surface area contributed by atoms with Gasteiger partial charge in [0.1, 0.15) is 23.0 Å². The molecule has 0 radical (unpaired) electrons. The van der Waals surface area contributed by atoms with Gasteiger partial charge in [0.15, 0.2) is 11.5 Å². The summed E-state index contributed by atoms with van der Waals surface area (Å²) in [6, 6.07) is 16.1. The molecule has 0 amide bonds. The van der Waals surface area contributed by atoms with Crippen molar-refractivity contribution in [2.75, 3.05) is 11.5 Å². The summed E-state index contributed by atoms with van der Waals surface area (Å²) in [6.45, 7) is 0. The summed E-state index contributed by atoms with van der Waals surface area (Å²) in [5.74, 6) is 2.00. The van der Waals surface area contributed by atoms with Gasteiger partial charge in [-0.2, -0.15) is 0 Å². The van der Waals surface area contributed by atoms with E-state index in [1.807, 2.05) is 0 Å². The van der Waals surface area contributed by atoms with E-state index in [1.165, 1.54) is 12.1 Å². The third-order valence-corrected chi connectivity index (χ3v) is 3.44. The predicted octanol–water partition coefficient (Wildman–Crippen LogP) is 4.14. The van der Waals surface area contributed by atoms with Crippen LogP contribution in [0.3, 0.4) is 0 Å². The second kappa shape index (κ2) is 7.51. The molecule has 0 atom stereocenters. The van der Waals surface area contributed by atoms with Gasteiger partial charge in [-0.1, -0.05) is 6.07 Å². The molecule has 0 heterocycles. The van der Waals surface area contributed by atoms with Crippen molar-refractivity contribution in [1.82, 2.24) is 0 Å². The van der Waals surface area contributed by atoms with Crippen molar-refractivity contribution >= 4 is 11.4 Å². The zero-order valence-electron chi connectivity index (χ0n) is 13.5. The first-order chi connectivity index (χ1) is 12.6. The maximum Gasteiger partial charge on any atom is 0.191 e. The van der Waals surface area contributed by atoms with Gasteiger partial charge in [-0.15, -0.1) is 0 Å². The fourth-order valence-corrected chi connectivity index (χ4v) is 2.19. The highest BCUT2D eigenvalue weighted by molar-refractivity contribution is 5.57. The van der Waals surface area contributed by atoms with E-state index < -0.39 is 0 Å². The van der Waals surface area contributed by atoms with Crippen molar-refractivity contribution in [3.63, 3.8) is 0 Å². The monoisotopic (exact) mass is 356 g/mol. The Labute approximate surface area is 148 Å². The van der Waals surface area contributed by atoms with E-state index in [4.69, 9.17) is 31.5 Å². The molecule has 0 fully saturated rings. The number of hydrogen-bond acceptors (Lipinski definition) is 8. The van der Waals surface area contributed by atoms with Crippen molar-refractivity contribution < 1.29 is 29.8 Å². The van der Waals surface area contributed by atoms with Gasteiger partial charge in [0.05, 0.1) is 11.4 Å². The lowest BCUT2D eigenvalue weighted by Crippen LogP contribution is -1.94. The molecule has 0 saturated heterocycles. The summed E-state index contributed by atoms with van der Waals surface area (Å²) < 4.78 is 11.4. The van der Waals surface area contributed by atoms with Crippen molar-refractivity contribution in [2.24, 2.45) is 0 Å². The first-order valence-electron chi connectivity index (χ1n) is 7.46. The highest BCUT2D eigenvalue weighted by Gasteiger charge is 2.07. The van der Waals surface area contributed by atoms with Crippen LogP contribution in [0.15, 0.2) is 60.7 Å². The minimum Gasteiger partial charge on any atom is -0.457 e. The van der Waals surface area contributed by atoms with E-state index in [0.717, 1.165) is 0 Å². The number of nitrogen functional groups attached to an aromatic ring is 2. The number of hydrogen-bond donors (Lipinski definition) is 4. The second-order valence-corrected chi connectivity index (χ2v) is 5.26. The lowest BCUT2D eigenvalue weighted by Gasteiger charge is -2.11. The minimum atomic E-state index is 0.0910. The summed E-state index contributed by atoms with van der Waals surface area (Å²) in [5.41, 5.74) is 11.8. The number of rotatable bonds is 6. The maximum absolute atomic E-state index is 8.79. The number of nitrogens with two attached hydrogens (primary N) is 2. The third kappa shape index (κ3) is 3.89. The zero-order valence-corrected chi connectivity index (χ0v) is 13.5. The molecule has 0 aliphatic heterocycles. The molecule has 0 spiro atoms. The van der Waals surface area contributed by atoms with Gasteiger partial charge < -0.3 is 30.7 Å². The van der Waals surface area contributed by atoms with Gasteiger partial charge in [0, 0.05) is 18.2 Å². The Bertz CT molecular complexity index is 845. The van der Waals surface area contributed by atoms with Crippen molar-refractivity contribution in [2.45, 2.75) is 0 Å². The normalized spacial score (nSPS) is 10.2. The minimum absolute atomic E-state index is 0.0910. The van der Waals surface area contributed by atoms with E-state index >= 15 is 0 Å². The second-order valence-electron chi connectivity index (χ2n) is 5.26. The van der Waals surface area contributed by atoms with Gasteiger partial charge in [0.25, 0.3) is 0 Å². The van der Waals surface area contributed by atoms with Crippen LogP contribution in [0.25, 0.3) is 0 Å². The van der Waals surface area contributed by atoms with E-state index in [-0.39, 0.29) is 22.9 Å². The van der Waals surface area contributed by atoms with Gasteiger partial charge in [-0.25, -0.2) is 10.5 Å². The standard InChI is InChI=1S/C18H16N2O6/c19-15-6-4-13(9-17(15)25-21)23-11-2-1-3-12(8-11)24-14-5-7-16(20)18(10-14)26-22/h1-10,21-22H,19-20H2. The van der Waals surface area contributed by atoms with Crippen LogP contribution in [0.4, 0.5) is 11.4 Å². The van der Waals surface area contributed by atoms with Gasteiger partial charge >= 0.3 is 0 Å². The number of anilines is 2. The molecular weight excluding hydrogens is 340 g/mol. The molecule has 6 N–H and O–H groups in total. The van der Waals surface area contributed by atoms with Crippen LogP contribution >= 0.6 is 0 Å². The van der Waals surface area contributed by atoms with E-state index in [1.54, 1.807) is 48.5 Å². The van der Waals surface area contributed by atoms with Gasteiger partial charge in [0.2, 0.25) is 0 Å². The molecule has 134 valence electrons. The Morgan fingerprint density at radius 1 is 0.577 bits per heavy atom. The Kier molecular flexibility index (Phi) is 4.97. The molecule has 3 aromatic carbocycles. The molecule has 0 aromatic heterocycles. The van der Waals surface area contributed by atoms with Crippen LogP contribution < -0.4 is 30.7 Å². The molecule has 8 nitrogen and oxygen atoms in total. The number of ether oxygens (including phenoxy) is 2. The van der Waals surface area contributed by atoms with Gasteiger partial charge in [-0.05, 0) is 36.4 Å². The van der Waals surface area contributed by atoms with Crippen LogP contribution in [0.2, 0.25) is 0 Å². The molecular formula is C18H16N2O6. The lowest BCUT2D eigenvalue weighted by molar-refractivity contribution is -0.136. The Morgan fingerprint density at radius 3 is 1.42 bits per heavy atom. The quantitative estimate of drug-likeness (QED) is 0.294. The molecule has 0 aliphatic carbocycles. The SMILES string of the molecule is Nc1ccc(Oc2cccc(Oc3ccc(N)c(OO)c3)c2)cc1OO. The molecule has 0 unspecified atom stereocenters. The Balaban J connectivity index is 1.78. The van der Waals surface area contributed by atoms with Crippen molar-refractivity contribution in [1.29, 1.82) is 0 Å². The fourth-order valence-electron chi connectivity index (χ4n) is 2.19. The highest BCUT2D eigenvalue weighted by Crippen LogP contribution is 2.33.